The minimum Gasteiger partial charge on any atom is -0.0817 e. The Morgan fingerprint density at radius 3 is 2.31 bits per heavy atom. The average Bonchev–Trinajstić information content (AvgIpc) is 2.17. The van der Waals surface area contributed by atoms with E-state index in [1.54, 1.807) is 0 Å². The first kappa shape index (κ1) is 15.5. The van der Waals surface area contributed by atoms with Crippen molar-refractivity contribution in [3.05, 3.63) is 23.8 Å². The largest absolute Gasteiger partial charge is 0.0817 e. The summed E-state index contributed by atoms with van der Waals surface area (Å²) in [6, 6.07) is 0. The fraction of sp³-hybridized carbons (Fsp3) is 0.750. The smallest absolute Gasteiger partial charge is 0.0259 e. The van der Waals surface area contributed by atoms with Crippen molar-refractivity contribution in [2.24, 2.45) is 11.8 Å². The second-order valence-electron chi connectivity index (χ2n) is 5.43. The van der Waals surface area contributed by atoms with Gasteiger partial charge in [0.05, 0.1) is 0 Å². The SMILES string of the molecule is CCCC(C)CCCC(C)/C=C/C=C(C)C. The maximum absolute atomic E-state index is 2.38. The van der Waals surface area contributed by atoms with Crippen LogP contribution in [0, 0.1) is 11.8 Å². The van der Waals surface area contributed by atoms with Crippen LogP contribution in [0.1, 0.15) is 66.7 Å². The Hall–Kier alpha value is -0.520. The van der Waals surface area contributed by atoms with Gasteiger partial charge in [-0.15, -0.1) is 0 Å². The summed E-state index contributed by atoms with van der Waals surface area (Å²) in [7, 11) is 0. The number of hydrogen-bond acceptors (Lipinski definition) is 0. The highest BCUT2D eigenvalue weighted by Gasteiger charge is 2.02. The van der Waals surface area contributed by atoms with Crippen molar-refractivity contribution in [2.75, 3.05) is 0 Å². The van der Waals surface area contributed by atoms with Gasteiger partial charge in [-0.2, -0.15) is 0 Å². The molecule has 0 fully saturated rings. The van der Waals surface area contributed by atoms with E-state index in [0.29, 0.717) is 0 Å². The molecule has 0 heteroatoms. The van der Waals surface area contributed by atoms with E-state index in [4.69, 9.17) is 0 Å². The van der Waals surface area contributed by atoms with E-state index in [2.05, 4.69) is 52.8 Å². The second kappa shape index (κ2) is 9.69. The summed E-state index contributed by atoms with van der Waals surface area (Å²) in [4.78, 5) is 0. The van der Waals surface area contributed by atoms with Gasteiger partial charge >= 0.3 is 0 Å². The zero-order valence-corrected chi connectivity index (χ0v) is 11.9. The lowest BCUT2D eigenvalue weighted by Crippen LogP contribution is -1.96. The van der Waals surface area contributed by atoms with Crippen molar-refractivity contribution in [1.29, 1.82) is 0 Å². The third kappa shape index (κ3) is 10.0. The number of hydrogen-bond donors (Lipinski definition) is 0. The minimum absolute atomic E-state index is 0.726. The first-order chi connectivity index (χ1) is 7.56. The maximum Gasteiger partial charge on any atom is -0.0259 e. The van der Waals surface area contributed by atoms with Crippen LogP contribution < -0.4 is 0 Å². The topological polar surface area (TPSA) is 0 Å². The molecule has 0 aliphatic carbocycles. The van der Waals surface area contributed by atoms with Crippen molar-refractivity contribution in [3.8, 4) is 0 Å². The lowest BCUT2D eigenvalue weighted by atomic mass is 9.95. The van der Waals surface area contributed by atoms with E-state index in [0.717, 1.165) is 11.8 Å². The molecule has 0 rings (SSSR count). The molecule has 0 aromatic carbocycles. The van der Waals surface area contributed by atoms with Crippen LogP contribution in [0.2, 0.25) is 0 Å². The fourth-order valence-corrected chi connectivity index (χ4v) is 1.96. The zero-order valence-electron chi connectivity index (χ0n) is 11.9. The molecule has 0 radical (unpaired) electrons. The summed E-state index contributed by atoms with van der Waals surface area (Å²) in [5.74, 6) is 1.64. The lowest BCUT2D eigenvalue weighted by molar-refractivity contribution is 0.444. The molecule has 0 amide bonds. The van der Waals surface area contributed by atoms with Gasteiger partial charge in [-0.05, 0) is 32.1 Å². The third-order valence-electron chi connectivity index (χ3n) is 3.01. The third-order valence-corrected chi connectivity index (χ3v) is 3.01. The molecule has 16 heavy (non-hydrogen) atoms. The molecular weight excluding hydrogens is 192 g/mol. The van der Waals surface area contributed by atoms with Gasteiger partial charge in [0.1, 0.15) is 0 Å². The number of rotatable bonds is 8. The van der Waals surface area contributed by atoms with Crippen molar-refractivity contribution >= 4 is 0 Å². The first-order valence-corrected chi connectivity index (χ1v) is 6.88. The molecule has 0 saturated heterocycles. The Kier molecular flexibility index (Phi) is 9.37. The van der Waals surface area contributed by atoms with Crippen LogP contribution in [0.3, 0.4) is 0 Å². The highest BCUT2D eigenvalue weighted by molar-refractivity contribution is 5.08. The molecule has 0 nitrogen and oxygen atoms in total. The van der Waals surface area contributed by atoms with E-state index in [1.807, 2.05) is 0 Å². The lowest BCUT2D eigenvalue weighted by Gasteiger charge is -2.11. The monoisotopic (exact) mass is 222 g/mol. The Bertz CT molecular complexity index is 206. The van der Waals surface area contributed by atoms with Gasteiger partial charge in [0.25, 0.3) is 0 Å². The summed E-state index contributed by atoms with van der Waals surface area (Å²) in [5, 5.41) is 0. The Morgan fingerprint density at radius 1 is 1.06 bits per heavy atom. The van der Waals surface area contributed by atoms with E-state index in [-0.39, 0.29) is 0 Å². The van der Waals surface area contributed by atoms with E-state index >= 15 is 0 Å². The molecule has 0 heterocycles. The summed E-state index contributed by atoms with van der Waals surface area (Å²) in [5.41, 5.74) is 1.38. The molecule has 0 spiro atoms. The molecule has 0 bridgehead atoms. The number of allylic oxidation sites excluding steroid dienone is 4. The molecule has 0 aliphatic rings. The normalized spacial score (nSPS) is 15.1. The zero-order chi connectivity index (χ0) is 12.4. The van der Waals surface area contributed by atoms with Crippen LogP contribution in [0.4, 0.5) is 0 Å². The fourth-order valence-electron chi connectivity index (χ4n) is 1.96. The van der Waals surface area contributed by atoms with Crippen LogP contribution in [-0.4, -0.2) is 0 Å². The van der Waals surface area contributed by atoms with Gasteiger partial charge in [-0.3, -0.25) is 0 Å². The van der Waals surface area contributed by atoms with Crippen molar-refractivity contribution < 1.29 is 0 Å². The standard InChI is InChI=1S/C16H30/c1-6-9-15(4)12-8-13-16(5)11-7-10-14(2)3/h7,10-11,15-16H,6,8-9,12-13H2,1-5H3/b11-7+. The predicted molar refractivity (Wildman–Crippen MR) is 75.7 cm³/mol. The van der Waals surface area contributed by atoms with Gasteiger partial charge < -0.3 is 0 Å². The molecule has 94 valence electrons. The van der Waals surface area contributed by atoms with Gasteiger partial charge in [0.2, 0.25) is 0 Å². The molecule has 0 N–H and O–H groups in total. The van der Waals surface area contributed by atoms with Crippen LogP contribution >= 0.6 is 0 Å². The van der Waals surface area contributed by atoms with E-state index < -0.39 is 0 Å². The molecule has 0 aromatic rings. The van der Waals surface area contributed by atoms with Crippen LogP contribution in [0.25, 0.3) is 0 Å². The van der Waals surface area contributed by atoms with E-state index in [1.165, 1.54) is 37.7 Å². The van der Waals surface area contributed by atoms with Gasteiger partial charge in [-0.1, -0.05) is 70.3 Å². The van der Waals surface area contributed by atoms with Crippen molar-refractivity contribution in [1.82, 2.24) is 0 Å². The minimum atomic E-state index is 0.726. The molecule has 2 unspecified atom stereocenters. The highest BCUT2D eigenvalue weighted by atomic mass is 14.1. The summed E-state index contributed by atoms with van der Waals surface area (Å²) in [6.45, 7) is 11.3. The Balaban J connectivity index is 3.61. The molecule has 2 atom stereocenters. The van der Waals surface area contributed by atoms with Gasteiger partial charge in [-0.25, -0.2) is 0 Å². The Labute approximate surface area is 103 Å². The highest BCUT2D eigenvalue weighted by Crippen LogP contribution is 2.17. The first-order valence-electron chi connectivity index (χ1n) is 6.88. The van der Waals surface area contributed by atoms with Gasteiger partial charge in [0, 0.05) is 0 Å². The van der Waals surface area contributed by atoms with Crippen LogP contribution in [0.5, 0.6) is 0 Å². The molecule has 0 aromatic heterocycles. The van der Waals surface area contributed by atoms with Crippen molar-refractivity contribution in [2.45, 2.75) is 66.7 Å². The average molecular weight is 222 g/mol. The van der Waals surface area contributed by atoms with Crippen molar-refractivity contribution in [3.63, 3.8) is 0 Å². The summed E-state index contributed by atoms with van der Waals surface area (Å²) < 4.78 is 0. The van der Waals surface area contributed by atoms with Crippen LogP contribution in [0.15, 0.2) is 23.8 Å². The summed E-state index contributed by atoms with van der Waals surface area (Å²) in [6.07, 6.45) is 13.6. The predicted octanol–water partition coefficient (Wildman–Crippen LogP) is 5.75. The summed E-state index contributed by atoms with van der Waals surface area (Å²) >= 11 is 0. The molecule has 0 saturated carbocycles. The van der Waals surface area contributed by atoms with Gasteiger partial charge in [0.15, 0.2) is 0 Å². The van der Waals surface area contributed by atoms with Crippen LogP contribution in [-0.2, 0) is 0 Å². The quantitative estimate of drug-likeness (QED) is 0.459. The molecular formula is C16H30. The van der Waals surface area contributed by atoms with E-state index in [9.17, 15) is 0 Å². The maximum atomic E-state index is 2.38. The molecule has 0 aliphatic heterocycles. The second-order valence-corrected chi connectivity index (χ2v) is 5.43. The Morgan fingerprint density at radius 2 is 1.75 bits per heavy atom.